The molecule has 0 saturated heterocycles. The van der Waals surface area contributed by atoms with Gasteiger partial charge in [0.15, 0.2) is 0 Å². The molecule has 1 aromatic heterocycles. The highest BCUT2D eigenvalue weighted by atomic mass is 35.5. The highest BCUT2D eigenvalue weighted by molar-refractivity contribution is 6.17. The first kappa shape index (κ1) is 10.1. The van der Waals surface area contributed by atoms with Crippen molar-refractivity contribution < 1.29 is 4.52 Å². The second-order valence-electron chi connectivity index (χ2n) is 2.90. The molecule has 0 aliphatic rings. The number of alkyl halides is 1. The fraction of sp³-hybridized carbons (Fsp3) is 0.556. The monoisotopic (exact) mass is 198 g/mol. The first-order valence-corrected chi connectivity index (χ1v) is 4.62. The lowest BCUT2D eigenvalue weighted by Gasteiger charge is -2.04. The average Bonchev–Trinajstić information content (AvgIpc) is 2.43. The third-order valence-electron chi connectivity index (χ3n) is 1.99. The van der Waals surface area contributed by atoms with Gasteiger partial charge in [-0.2, -0.15) is 5.26 Å². The van der Waals surface area contributed by atoms with E-state index in [0.717, 1.165) is 11.3 Å². The number of nitrogens with zero attached hydrogens (tertiary/aromatic N) is 2. The third kappa shape index (κ3) is 2.02. The summed E-state index contributed by atoms with van der Waals surface area (Å²) in [4.78, 5) is 0. The van der Waals surface area contributed by atoms with Gasteiger partial charge in [0.05, 0.1) is 17.7 Å². The predicted molar refractivity (Wildman–Crippen MR) is 49.7 cm³/mol. The molecule has 0 spiro atoms. The third-order valence-corrected chi connectivity index (χ3v) is 2.21. The molecule has 0 amide bonds. The molecule has 4 heteroatoms. The summed E-state index contributed by atoms with van der Waals surface area (Å²) in [5.41, 5.74) is 1.68. The molecule has 0 fully saturated rings. The Bertz CT molecular complexity index is 307. The molecule has 70 valence electrons. The maximum Gasteiger partial charge on any atom is 0.138 e. The summed E-state index contributed by atoms with van der Waals surface area (Å²) in [7, 11) is 0. The zero-order valence-corrected chi connectivity index (χ0v) is 8.43. The van der Waals surface area contributed by atoms with Crippen LogP contribution in [0.5, 0.6) is 0 Å². The van der Waals surface area contributed by atoms with Crippen molar-refractivity contribution in [1.82, 2.24) is 5.16 Å². The van der Waals surface area contributed by atoms with E-state index in [1.165, 1.54) is 0 Å². The molecule has 0 saturated carbocycles. The van der Waals surface area contributed by atoms with E-state index in [1.807, 2.05) is 13.8 Å². The minimum absolute atomic E-state index is 0.191. The van der Waals surface area contributed by atoms with E-state index in [4.69, 9.17) is 21.4 Å². The van der Waals surface area contributed by atoms with Crippen LogP contribution in [0.1, 0.15) is 29.4 Å². The summed E-state index contributed by atoms with van der Waals surface area (Å²) in [6.07, 6.45) is 0.640. The first-order chi connectivity index (χ1) is 6.20. The van der Waals surface area contributed by atoms with Gasteiger partial charge in [0, 0.05) is 11.4 Å². The van der Waals surface area contributed by atoms with E-state index in [0.29, 0.717) is 18.1 Å². The Morgan fingerprint density at radius 2 is 2.31 bits per heavy atom. The molecule has 1 heterocycles. The first-order valence-electron chi connectivity index (χ1n) is 4.09. The smallest absolute Gasteiger partial charge is 0.138 e. The number of rotatable bonds is 3. The predicted octanol–water partition coefficient (Wildman–Crippen LogP) is 2.53. The Morgan fingerprint density at radius 1 is 1.62 bits per heavy atom. The fourth-order valence-electron chi connectivity index (χ4n) is 1.37. The average molecular weight is 199 g/mol. The quantitative estimate of drug-likeness (QED) is 0.702. The molecular formula is C9H11ClN2O. The minimum Gasteiger partial charge on any atom is -0.361 e. The standard InChI is InChI=1S/C9H11ClN2O/c1-6-9(7(2)13-12-6)8(5-11)3-4-10/h8H,3-4H2,1-2H3. The van der Waals surface area contributed by atoms with Crippen molar-refractivity contribution >= 4 is 11.6 Å². The van der Waals surface area contributed by atoms with Crippen molar-refractivity contribution in [2.45, 2.75) is 26.2 Å². The van der Waals surface area contributed by atoms with Gasteiger partial charge in [-0.05, 0) is 20.3 Å². The minimum atomic E-state index is -0.191. The number of aryl methyl sites for hydroxylation is 2. The van der Waals surface area contributed by atoms with Crippen LogP contribution in [0.4, 0.5) is 0 Å². The highest BCUT2D eigenvalue weighted by Gasteiger charge is 2.19. The van der Waals surface area contributed by atoms with Crippen LogP contribution in [0, 0.1) is 25.2 Å². The Balaban J connectivity index is 2.98. The number of halogens is 1. The van der Waals surface area contributed by atoms with E-state index < -0.39 is 0 Å². The van der Waals surface area contributed by atoms with Crippen molar-refractivity contribution in [3.05, 3.63) is 17.0 Å². The molecule has 1 atom stereocenters. The molecule has 0 radical (unpaired) electrons. The molecular weight excluding hydrogens is 188 g/mol. The highest BCUT2D eigenvalue weighted by Crippen LogP contribution is 2.25. The fourth-order valence-corrected chi connectivity index (χ4v) is 1.59. The van der Waals surface area contributed by atoms with Crippen LogP contribution in [0.3, 0.4) is 0 Å². The van der Waals surface area contributed by atoms with E-state index >= 15 is 0 Å². The Morgan fingerprint density at radius 3 is 2.69 bits per heavy atom. The maximum atomic E-state index is 8.90. The Labute approximate surface area is 82.3 Å². The summed E-state index contributed by atoms with van der Waals surface area (Å²) < 4.78 is 4.98. The van der Waals surface area contributed by atoms with Crippen molar-refractivity contribution in [2.24, 2.45) is 0 Å². The van der Waals surface area contributed by atoms with Crippen LogP contribution in [0.15, 0.2) is 4.52 Å². The summed E-state index contributed by atoms with van der Waals surface area (Å²) in [6.45, 7) is 3.65. The summed E-state index contributed by atoms with van der Waals surface area (Å²) in [5.74, 6) is 1.00. The van der Waals surface area contributed by atoms with Gasteiger partial charge in [-0.1, -0.05) is 5.16 Å². The second-order valence-corrected chi connectivity index (χ2v) is 3.28. The number of nitriles is 1. The van der Waals surface area contributed by atoms with E-state index in [1.54, 1.807) is 0 Å². The van der Waals surface area contributed by atoms with Gasteiger partial charge in [-0.15, -0.1) is 11.6 Å². The zero-order valence-electron chi connectivity index (χ0n) is 7.67. The number of hydrogen-bond acceptors (Lipinski definition) is 3. The molecule has 1 rings (SSSR count). The van der Waals surface area contributed by atoms with Crippen LogP contribution >= 0.6 is 11.6 Å². The van der Waals surface area contributed by atoms with Crippen LogP contribution in [-0.4, -0.2) is 11.0 Å². The zero-order chi connectivity index (χ0) is 9.84. The van der Waals surface area contributed by atoms with Gasteiger partial charge in [0.1, 0.15) is 5.76 Å². The molecule has 0 aliphatic heterocycles. The lowest BCUT2D eigenvalue weighted by molar-refractivity contribution is 0.392. The normalized spacial score (nSPS) is 12.5. The molecule has 1 unspecified atom stereocenters. The molecule has 0 aromatic carbocycles. The summed E-state index contributed by atoms with van der Waals surface area (Å²) >= 11 is 5.59. The number of hydrogen-bond donors (Lipinski definition) is 0. The molecule has 3 nitrogen and oxygen atoms in total. The van der Waals surface area contributed by atoms with Gasteiger partial charge in [0.2, 0.25) is 0 Å². The van der Waals surface area contributed by atoms with Gasteiger partial charge in [-0.3, -0.25) is 0 Å². The van der Waals surface area contributed by atoms with Crippen LogP contribution in [-0.2, 0) is 0 Å². The lowest BCUT2D eigenvalue weighted by Crippen LogP contribution is -1.99. The number of aromatic nitrogens is 1. The van der Waals surface area contributed by atoms with Crippen molar-refractivity contribution in [3.63, 3.8) is 0 Å². The SMILES string of the molecule is Cc1noc(C)c1C(C#N)CCCl. The molecule has 0 N–H and O–H groups in total. The van der Waals surface area contributed by atoms with Crippen molar-refractivity contribution in [2.75, 3.05) is 5.88 Å². The van der Waals surface area contributed by atoms with Gasteiger partial charge >= 0.3 is 0 Å². The molecule has 13 heavy (non-hydrogen) atoms. The summed E-state index contributed by atoms with van der Waals surface area (Å²) in [6, 6.07) is 2.20. The van der Waals surface area contributed by atoms with E-state index in [9.17, 15) is 0 Å². The van der Waals surface area contributed by atoms with Crippen LogP contribution in [0.2, 0.25) is 0 Å². The topological polar surface area (TPSA) is 49.8 Å². The van der Waals surface area contributed by atoms with E-state index in [2.05, 4.69) is 11.2 Å². The van der Waals surface area contributed by atoms with Gasteiger partial charge < -0.3 is 4.52 Å². The molecule has 1 aromatic rings. The molecule has 0 bridgehead atoms. The van der Waals surface area contributed by atoms with Crippen molar-refractivity contribution in [3.8, 4) is 6.07 Å². The van der Waals surface area contributed by atoms with Crippen molar-refractivity contribution in [1.29, 1.82) is 5.26 Å². The maximum absolute atomic E-state index is 8.90. The van der Waals surface area contributed by atoms with Gasteiger partial charge in [0.25, 0.3) is 0 Å². The van der Waals surface area contributed by atoms with Crippen LogP contribution < -0.4 is 0 Å². The Kier molecular flexibility index (Phi) is 3.32. The van der Waals surface area contributed by atoms with Gasteiger partial charge in [-0.25, -0.2) is 0 Å². The molecule has 0 aliphatic carbocycles. The lowest BCUT2D eigenvalue weighted by atomic mass is 9.97. The largest absolute Gasteiger partial charge is 0.361 e. The summed E-state index contributed by atoms with van der Waals surface area (Å²) in [5, 5.41) is 12.7. The van der Waals surface area contributed by atoms with Crippen LogP contribution in [0.25, 0.3) is 0 Å². The van der Waals surface area contributed by atoms with E-state index in [-0.39, 0.29) is 5.92 Å². The Hall–Kier alpha value is -1.01. The second kappa shape index (κ2) is 4.29.